The number of likely N-dealkylation sites (N-methyl/N-ethyl adjacent to an activating group) is 1. The number of hydrogen-bond acceptors (Lipinski definition) is 3. The molecule has 1 heterocycles. The largest absolute Gasteiger partial charge is 0.389 e. The van der Waals surface area contributed by atoms with Crippen molar-refractivity contribution in [3.05, 3.63) is 47.5 Å². The lowest BCUT2D eigenvalue weighted by Gasteiger charge is -2.27. The Kier molecular flexibility index (Phi) is 4.85. The lowest BCUT2D eigenvalue weighted by Crippen LogP contribution is -2.42. The van der Waals surface area contributed by atoms with Crippen molar-refractivity contribution in [2.45, 2.75) is 33.3 Å². The number of nitrogens with zero attached hydrogens (tertiary/aromatic N) is 3. The molecule has 5 nitrogen and oxygen atoms in total. The average Bonchev–Trinajstić information content (AvgIpc) is 2.86. The summed E-state index contributed by atoms with van der Waals surface area (Å²) >= 11 is 0. The summed E-state index contributed by atoms with van der Waals surface area (Å²) in [5.41, 5.74) is 0.797. The first-order valence-electron chi connectivity index (χ1n) is 7.55. The molecule has 0 aliphatic rings. The molecule has 124 valence electrons. The summed E-state index contributed by atoms with van der Waals surface area (Å²) in [5.74, 6) is -0.559. The second-order valence-electron chi connectivity index (χ2n) is 6.19. The normalized spacial score (nSPS) is 11.6. The molecule has 1 aromatic carbocycles. The highest BCUT2D eigenvalue weighted by Gasteiger charge is 2.24. The summed E-state index contributed by atoms with van der Waals surface area (Å²) < 4.78 is 14.6. The van der Waals surface area contributed by atoms with Gasteiger partial charge in [-0.15, -0.1) is 0 Å². The highest BCUT2D eigenvalue weighted by atomic mass is 19.1. The Morgan fingerprint density at radius 1 is 1.35 bits per heavy atom. The van der Waals surface area contributed by atoms with Crippen molar-refractivity contribution in [2.24, 2.45) is 0 Å². The first-order valence-corrected chi connectivity index (χ1v) is 7.55. The van der Waals surface area contributed by atoms with E-state index in [9.17, 15) is 14.3 Å². The van der Waals surface area contributed by atoms with E-state index >= 15 is 0 Å². The molecule has 6 heteroatoms. The van der Waals surface area contributed by atoms with E-state index in [1.54, 1.807) is 41.6 Å². The number of carbonyl (C=O) groups excluding carboxylic acids is 1. The molecule has 0 aliphatic heterocycles. The molecule has 23 heavy (non-hydrogen) atoms. The molecule has 0 bridgehead atoms. The fraction of sp³-hybridized carbons (Fsp3) is 0.412. The smallest absolute Gasteiger partial charge is 0.274 e. The van der Waals surface area contributed by atoms with Crippen molar-refractivity contribution in [3.8, 4) is 5.69 Å². The molecule has 1 N–H and O–H groups in total. The van der Waals surface area contributed by atoms with Gasteiger partial charge in [-0.1, -0.05) is 0 Å². The van der Waals surface area contributed by atoms with E-state index in [-0.39, 0.29) is 18.3 Å². The van der Waals surface area contributed by atoms with Crippen molar-refractivity contribution in [1.82, 2.24) is 14.7 Å². The van der Waals surface area contributed by atoms with Crippen LogP contribution in [-0.2, 0) is 0 Å². The fourth-order valence-electron chi connectivity index (χ4n) is 2.38. The quantitative estimate of drug-likeness (QED) is 0.921. The third-order valence-corrected chi connectivity index (χ3v) is 3.42. The second-order valence-corrected chi connectivity index (χ2v) is 6.19. The molecule has 1 amide bonds. The highest BCUT2D eigenvalue weighted by molar-refractivity contribution is 5.92. The maximum absolute atomic E-state index is 13.0. The van der Waals surface area contributed by atoms with Crippen LogP contribution in [0.15, 0.2) is 30.3 Å². The van der Waals surface area contributed by atoms with E-state index < -0.39 is 5.60 Å². The summed E-state index contributed by atoms with van der Waals surface area (Å²) in [4.78, 5) is 14.1. The van der Waals surface area contributed by atoms with Crippen LogP contribution >= 0.6 is 0 Å². The van der Waals surface area contributed by atoms with Crippen molar-refractivity contribution in [1.29, 1.82) is 0 Å². The van der Waals surface area contributed by atoms with Gasteiger partial charge in [-0.3, -0.25) is 4.79 Å². The summed E-state index contributed by atoms with van der Waals surface area (Å²) in [5, 5.41) is 14.3. The number of halogens is 1. The maximum Gasteiger partial charge on any atom is 0.274 e. The van der Waals surface area contributed by atoms with Crippen LogP contribution in [0.25, 0.3) is 5.69 Å². The molecule has 0 radical (unpaired) electrons. The van der Waals surface area contributed by atoms with Gasteiger partial charge in [0.05, 0.1) is 11.3 Å². The Balaban J connectivity index is 2.29. The molecule has 0 spiro atoms. The van der Waals surface area contributed by atoms with Crippen LogP contribution in [0, 0.1) is 12.7 Å². The van der Waals surface area contributed by atoms with Gasteiger partial charge in [0.25, 0.3) is 5.91 Å². The maximum atomic E-state index is 13.0. The van der Waals surface area contributed by atoms with Crippen molar-refractivity contribution in [2.75, 3.05) is 13.1 Å². The number of rotatable bonds is 5. The van der Waals surface area contributed by atoms with Gasteiger partial charge in [0, 0.05) is 18.8 Å². The van der Waals surface area contributed by atoms with Crippen LogP contribution in [-0.4, -0.2) is 44.4 Å². The number of amides is 1. The first kappa shape index (κ1) is 17.1. The molecular weight excluding hydrogens is 297 g/mol. The number of aromatic nitrogens is 2. The van der Waals surface area contributed by atoms with E-state index in [0.717, 1.165) is 5.69 Å². The van der Waals surface area contributed by atoms with Gasteiger partial charge in [0.1, 0.15) is 5.82 Å². The molecule has 0 fully saturated rings. The second kappa shape index (κ2) is 6.50. The molecule has 0 saturated heterocycles. The Hall–Kier alpha value is -2.21. The zero-order valence-electron chi connectivity index (χ0n) is 13.9. The van der Waals surface area contributed by atoms with Crippen molar-refractivity contribution in [3.63, 3.8) is 0 Å². The Morgan fingerprint density at radius 2 is 1.96 bits per heavy atom. The Bertz CT molecular complexity index is 687. The third kappa shape index (κ3) is 4.16. The molecule has 0 unspecified atom stereocenters. The van der Waals surface area contributed by atoms with Crippen LogP contribution in [0.3, 0.4) is 0 Å². The SMILES string of the molecule is CCN(CC(C)(C)O)C(=O)c1cc(C)n(-c2ccc(F)cc2)n1. The van der Waals surface area contributed by atoms with E-state index in [1.807, 2.05) is 13.8 Å². The van der Waals surface area contributed by atoms with Crippen LogP contribution in [0.4, 0.5) is 4.39 Å². The minimum Gasteiger partial charge on any atom is -0.389 e. The van der Waals surface area contributed by atoms with Gasteiger partial charge < -0.3 is 10.0 Å². The van der Waals surface area contributed by atoms with Gasteiger partial charge in [0.15, 0.2) is 5.69 Å². The number of benzene rings is 1. The van der Waals surface area contributed by atoms with Crippen molar-refractivity contribution >= 4 is 5.91 Å². The number of carbonyl (C=O) groups is 1. The Labute approximate surface area is 135 Å². The fourth-order valence-corrected chi connectivity index (χ4v) is 2.38. The summed E-state index contributed by atoms with van der Waals surface area (Å²) in [6.07, 6.45) is 0. The van der Waals surface area contributed by atoms with Crippen LogP contribution < -0.4 is 0 Å². The predicted octanol–water partition coefficient (Wildman–Crippen LogP) is 2.55. The van der Waals surface area contributed by atoms with Gasteiger partial charge in [-0.2, -0.15) is 5.10 Å². The molecule has 2 aromatic rings. The zero-order chi connectivity index (χ0) is 17.2. The van der Waals surface area contributed by atoms with Gasteiger partial charge in [-0.05, 0) is 58.0 Å². The average molecular weight is 319 g/mol. The lowest BCUT2D eigenvalue weighted by molar-refractivity contribution is 0.0311. The molecular formula is C17H22FN3O2. The lowest BCUT2D eigenvalue weighted by atomic mass is 10.1. The molecule has 1 aromatic heterocycles. The zero-order valence-corrected chi connectivity index (χ0v) is 13.9. The van der Waals surface area contributed by atoms with E-state index in [2.05, 4.69) is 5.10 Å². The monoisotopic (exact) mass is 319 g/mol. The number of hydrogen-bond donors (Lipinski definition) is 1. The molecule has 0 aliphatic carbocycles. The third-order valence-electron chi connectivity index (χ3n) is 3.42. The van der Waals surface area contributed by atoms with Crippen molar-refractivity contribution < 1.29 is 14.3 Å². The minimum atomic E-state index is -0.972. The van der Waals surface area contributed by atoms with Crippen LogP contribution in [0.1, 0.15) is 37.0 Å². The molecule has 0 atom stereocenters. The number of aliphatic hydroxyl groups is 1. The molecule has 2 rings (SSSR count). The van der Waals surface area contributed by atoms with Crippen LogP contribution in [0.2, 0.25) is 0 Å². The van der Waals surface area contributed by atoms with Gasteiger partial charge >= 0.3 is 0 Å². The topological polar surface area (TPSA) is 58.4 Å². The standard InChI is InChI=1S/C17H22FN3O2/c1-5-20(11-17(3,4)23)16(22)15-10-12(2)21(19-15)14-8-6-13(18)7-9-14/h6-10,23H,5,11H2,1-4H3. The first-order chi connectivity index (χ1) is 10.7. The van der Waals surface area contributed by atoms with Crippen LogP contribution in [0.5, 0.6) is 0 Å². The summed E-state index contributed by atoms with van der Waals surface area (Å²) in [6.45, 7) is 7.71. The van der Waals surface area contributed by atoms with E-state index in [1.165, 1.54) is 12.1 Å². The molecule has 0 saturated carbocycles. The summed E-state index contributed by atoms with van der Waals surface area (Å²) in [7, 11) is 0. The predicted molar refractivity (Wildman–Crippen MR) is 86.1 cm³/mol. The van der Waals surface area contributed by atoms with Gasteiger partial charge in [-0.25, -0.2) is 9.07 Å². The van der Waals surface area contributed by atoms with Gasteiger partial charge in [0.2, 0.25) is 0 Å². The van der Waals surface area contributed by atoms with E-state index in [4.69, 9.17) is 0 Å². The minimum absolute atomic E-state index is 0.227. The summed E-state index contributed by atoms with van der Waals surface area (Å²) in [6, 6.07) is 7.61. The number of aryl methyl sites for hydroxylation is 1. The van der Waals surface area contributed by atoms with E-state index in [0.29, 0.717) is 17.9 Å². The Morgan fingerprint density at radius 3 is 2.48 bits per heavy atom. The highest BCUT2D eigenvalue weighted by Crippen LogP contribution is 2.15.